The van der Waals surface area contributed by atoms with Gasteiger partial charge in [0.05, 0.1) is 6.61 Å². The molecular formula is C4H5Cl2F3O. The minimum atomic E-state index is -3.93. The Morgan fingerprint density at radius 2 is 2.00 bits per heavy atom. The summed E-state index contributed by atoms with van der Waals surface area (Å²) in [5, 5.41) is 0. The van der Waals surface area contributed by atoms with Gasteiger partial charge in [0.2, 0.25) is 0 Å². The molecule has 0 aromatic heterocycles. The van der Waals surface area contributed by atoms with Crippen molar-refractivity contribution < 1.29 is 17.9 Å². The maximum atomic E-state index is 11.9. The van der Waals surface area contributed by atoms with Crippen molar-refractivity contribution in [2.45, 2.75) is 11.7 Å². The summed E-state index contributed by atoms with van der Waals surface area (Å²) in [6, 6.07) is 0. The molecule has 0 saturated heterocycles. The first-order chi connectivity index (χ1) is 4.50. The zero-order chi connectivity index (χ0) is 8.20. The first-order valence-electron chi connectivity index (χ1n) is 2.36. The average Bonchev–Trinajstić information content (AvgIpc) is 1.84. The van der Waals surface area contributed by atoms with Gasteiger partial charge in [-0.15, -0.1) is 11.6 Å². The second-order valence-electron chi connectivity index (χ2n) is 1.40. The molecule has 1 nitrogen and oxygen atoms in total. The molecule has 0 heterocycles. The van der Waals surface area contributed by atoms with Crippen LogP contribution in [0.2, 0.25) is 0 Å². The van der Waals surface area contributed by atoms with Crippen molar-refractivity contribution in [1.29, 1.82) is 0 Å². The fourth-order valence-electron chi connectivity index (χ4n) is 0.238. The van der Waals surface area contributed by atoms with Gasteiger partial charge in [0.25, 0.3) is 5.63 Å². The topological polar surface area (TPSA) is 9.23 Å². The van der Waals surface area contributed by atoms with Gasteiger partial charge >= 0.3 is 6.11 Å². The molecule has 0 amide bonds. The van der Waals surface area contributed by atoms with Gasteiger partial charge in [0.1, 0.15) is 0 Å². The Morgan fingerprint density at radius 1 is 1.50 bits per heavy atom. The van der Waals surface area contributed by atoms with E-state index >= 15 is 0 Å². The molecule has 0 rings (SSSR count). The van der Waals surface area contributed by atoms with Crippen LogP contribution in [0, 0.1) is 0 Å². The van der Waals surface area contributed by atoms with Crippen LogP contribution in [0.15, 0.2) is 0 Å². The van der Waals surface area contributed by atoms with Crippen molar-refractivity contribution in [3.63, 3.8) is 0 Å². The number of rotatable bonds is 4. The second-order valence-corrected chi connectivity index (χ2v) is 2.16. The number of hydrogen-bond acceptors (Lipinski definition) is 1. The summed E-state index contributed by atoms with van der Waals surface area (Å²) in [7, 11) is 0. The van der Waals surface area contributed by atoms with Crippen molar-refractivity contribution >= 4 is 23.2 Å². The van der Waals surface area contributed by atoms with Crippen LogP contribution in [0.5, 0.6) is 0 Å². The normalized spacial score (nSPS) is 15.3. The van der Waals surface area contributed by atoms with Crippen molar-refractivity contribution in [3.8, 4) is 0 Å². The lowest BCUT2D eigenvalue weighted by Crippen LogP contribution is -2.30. The molecule has 0 N–H and O–H groups in total. The Balaban J connectivity index is 3.63. The minimum Gasteiger partial charge on any atom is -0.316 e. The summed E-state index contributed by atoms with van der Waals surface area (Å²) < 4.78 is 39.2. The van der Waals surface area contributed by atoms with Crippen LogP contribution < -0.4 is 0 Å². The van der Waals surface area contributed by atoms with Crippen molar-refractivity contribution in [2.24, 2.45) is 0 Å². The summed E-state index contributed by atoms with van der Waals surface area (Å²) in [5.74, 6) is -0.126. The Kier molecular flexibility index (Phi) is 4.40. The smallest absolute Gasteiger partial charge is 0.316 e. The lowest BCUT2D eigenvalue weighted by Gasteiger charge is -2.14. The van der Waals surface area contributed by atoms with E-state index in [-0.39, 0.29) is 5.88 Å². The van der Waals surface area contributed by atoms with E-state index in [1.165, 1.54) is 0 Å². The number of ether oxygens (including phenoxy) is 1. The van der Waals surface area contributed by atoms with Crippen LogP contribution in [-0.2, 0) is 4.74 Å². The molecule has 0 aromatic carbocycles. The van der Waals surface area contributed by atoms with Gasteiger partial charge in [0, 0.05) is 5.88 Å². The predicted octanol–water partition coefficient (Wildman–Crippen LogP) is 2.37. The third-order valence-corrected chi connectivity index (χ3v) is 1.03. The Hall–Kier alpha value is 0.330. The second kappa shape index (κ2) is 4.26. The van der Waals surface area contributed by atoms with E-state index in [0.717, 1.165) is 0 Å². The fraction of sp³-hybridized carbons (Fsp3) is 1.00. The van der Waals surface area contributed by atoms with Crippen molar-refractivity contribution in [3.05, 3.63) is 0 Å². The number of alkyl halides is 5. The zero-order valence-corrected chi connectivity index (χ0v) is 6.30. The molecule has 0 fully saturated rings. The van der Waals surface area contributed by atoms with Crippen LogP contribution in [0.1, 0.15) is 0 Å². The predicted molar refractivity (Wildman–Crippen MR) is 32.4 cm³/mol. The van der Waals surface area contributed by atoms with Gasteiger partial charge in [-0.25, -0.2) is 4.39 Å². The quantitative estimate of drug-likeness (QED) is 0.628. The molecule has 0 aliphatic heterocycles. The third-order valence-electron chi connectivity index (χ3n) is 0.626. The van der Waals surface area contributed by atoms with Gasteiger partial charge in [-0.1, -0.05) is 11.6 Å². The third kappa shape index (κ3) is 3.49. The number of halogens is 5. The van der Waals surface area contributed by atoms with Crippen molar-refractivity contribution in [1.82, 2.24) is 0 Å². The minimum absolute atomic E-state index is 0.126. The molecule has 0 saturated carbocycles. The highest BCUT2D eigenvalue weighted by molar-refractivity contribution is 6.20. The molecule has 0 aromatic rings. The van der Waals surface area contributed by atoms with Crippen LogP contribution >= 0.6 is 23.2 Å². The summed E-state index contributed by atoms with van der Waals surface area (Å²) in [6.07, 6.45) is -3.93. The molecule has 62 valence electrons. The van der Waals surface area contributed by atoms with E-state index < -0.39 is 18.3 Å². The maximum Gasteiger partial charge on any atom is 0.400 e. The Bertz CT molecular complexity index is 98.5. The lowest BCUT2D eigenvalue weighted by molar-refractivity contribution is -0.253. The van der Waals surface area contributed by atoms with E-state index in [4.69, 9.17) is 11.6 Å². The summed E-state index contributed by atoms with van der Waals surface area (Å²) in [6.45, 7) is -0.429. The maximum absolute atomic E-state index is 11.9. The van der Waals surface area contributed by atoms with E-state index in [9.17, 15) is 13.2 Å². The molecule has 1 atom stereocenters. The standard InChI is InChI=1S/C4H5Cl2F3O/c5-1-2-10-4(8,9)3(6)7/h3H,1-2H2/t3-/m0/s1. The van der Waals surface area contributed by atoms with Crippen LogP contribution in [0.4, 0.5) is 13.2 Å². The molecule has 0 radical (unpaired) electrons. The average molecular weight is 197 g/mol. The first-order valence-corrected chi connectivity index (χ1v) is 3.33. The molecule has 0 unspecified atom stereocenters. The largest absolute Gasteiger partial charge is 0.400 e. The monoisotopic (exact) mass is 196 g/mol. The van der Waals surface area contributed by atoms with Gasteiger partial charge in [-0.3, -0.25) is 0 Å². The van der Waals surface area contributed by atoms with Gasteiger partial charge in [-0.05, 0) is 0 Å². The van der Waals surface area contributed by atoms with Gasteiger partial charge in [0.15, 0.2) is 0 Å². The highest BCUT2D eigenvalue weighted by Gasteiger charge is 2.40. The lowest BCUT2D eigenvalue weighted by atomic mass is 10.7. The molecule has 0 aliphatic carbocycles. The first kappa shape index (κ1) is 10.3. The molecular weight excluding hydrogens is 192 g/mol. The molecule has 0 bridgehead atoms. The Labute approximate surface area is 66.1 Å². The van der Waals surface area contributed by atoms with Crippen LogP contribution in [0.3, 0.4) is 0 Å². The highest BCUT2D eigenvalue weighted by Crippen LogP contribution is 2.25. The van der Waals surface area contributed by atoms with Gasteiger partial charge in [-0.2, -0.15) is 8.78 Å². The number of hydrogen-bond donors (Lipinski definition) is 0. The fourth-order valence-corrected chi connectivity index (χ4v) is 0.378. The SMILES string of the molecule is F[C@H](Cl)C(F)(F)OCCCl. The van der Waals surface area contributed by atoms with E-state index in [1.807, 2.05) is 0 Å². The summed E-state index contributed by atoms with van der Waals surface area (Å²) in [4.78, 5) is 0. The summed E-state index contributed by atoms with van der Waals surface area (Å²) in [5.41, 5.74) is -2.82. The molecule has 0 aliphatic rings. The molecule has 0 spiro atoms. The van der Waals surface area contributed by atoms with E-state index in [0.29, 0.717) is 0 Å². The van der Waals surface area contributed by atoms with Crippen LogP contribution in [-0.4, -0.2) is 24.2 Å². The van der Waals surface area contributed by atoms with E-state index in [1.54, 1.807) is 0 Å². The van der Waals surface area contributed by atoms with Gasteiger partial charge < -0.3 is 4.74 Å². The van der Waals surface area contributed by atoms with E-state index in [2.05, 4.69) is 16.3 Å². The molecule has 6 heteroatoms. The Morgan fingerprint density at radius 3 is 2.30 bits per heavy atom. The van der Waals surface area contributed by atoms with Crippen LogP contribution in [0.25, 0.3) is 0 Å². The molecule has 10 heavy (non-hydrogen) atoms. The zero-order valence-electron chi connectivity index (χ0n) is 4.79. The highest BCUT2D eigenvalue weighted by atomic mass is 35.5. The summed E-state index contributed by atoms with van der Waals surface area (Å²) >= 11 is 9.41. The van der Waals surface area contributed by atoms with Crippen molar-refractivity contribution in [2.75, 3.05) is 12.5 Å².